The normalized spacial score (nSPS) is 9.38. The number of hydrogen-bond donors (Lipinski definition) is 1. The fraction of sp³-hybridized carbons (Fsp3) is 0.182. The zero-order valence-electron chi connectivity index (χ0n) is 8.04. The molecule has 0 atom stereocenters. The van der Waals surface area contributed by atoms with Gasteiger partial charge in [0.1, 0.15) is 5.84 Å². The lowest BCUT2D eigenvalue weighted by molar-refractivity contribution is 0.619. The molecule has 0 unspecified atom stereocenters. The van der Waals surface area contributed by atoms with E-state index in [9.17, 15) is 0 Å². The Hall–Kier alpha value is -1.57. The van der Waals surface area contributed by atoms with Gasteiger partial charge in [-0.2, -0.15) is 0 Å². The monoisotopic (exact) mass is 174 g/mol. The largest absolute Gasteiger partial charge is 0.363 e. The van der Waals surface area contributed by atoms with Crippen LogP contribution in [0.25, 0.3) is 6.08 Å². The molecule has 0 heterocycles. The number of nitrogens with zero attached hydrogens (tertiary/aromatic N) is 1. The van der Waals surface area contributed by atoms with Gasteiger partial charge < -0.3 is 4.90 Å². The molecule has 1 N–H and O–H groups in total. The lowest BCUT2D eigenvalue weighted by Crippen LogP contribution is -2.21. The van der Waals surface area contributed by atoms with Crippen molar-refractivity contribution in [3.63, 3.8) is 0 Å². The van der Waals surface area contributed by atoms with Gasteiger partial charge in [0.2, 0.25) is 0 Å². The molecule has 13 heavy (non-hydrogen) atoms. The summed E-state index contributed by atoms with van der Waals surface area (Å²) in [5.41, 5.74) is 2.01. The van der Waals surface area contributed by atoms with Gasteiger partial charge in [-0.15, -0.1) is 0 Å². The predicted octanol–water partition coefficient (Wildman–Crippen LogP) is 2.22. The van der Waals surface area contributed by atoms with Crippen LogP contribution in [0.15, 0.2) is 30.8 Å². The first-order valence-electron chi connectivity index (χ1n) is 4.14. The Balaban J connectivity index is 2.92. The molecule has 0 saturated carbocycles. The molecule has 1 rings (SSSR count). The number of amidine groups is 1. The van der Waals surface area contributed by atoms with E-state index in [1.165, 1.54) is 0 Å². The summed E-state index contributed by atoms with van der Waals surface area (Å²) in [7, 11) is 3.73. The minimum Gasteiger partial charge on any atom is -0.363 e. The molecular weight excluding hydrogens is 160 g/mol. The van der Waals surface area contributed by atoms with Crippen LogP contribution in [0, 0.1) is 5.41 Å². The van der Waals surface area contributed by atoms with Crippen LogP contribution in [0.2, 0.25) is 0 Å². The van der Waals surface area contributed by atoms with Crippen molar-refractivity contribution in [2.75, 3.05) is 14.1 Å². The molecule has 0 amide bonds. The molecular formula is C11H14N2. The molecule has 0 fully saturated rings. The van der Waals surface area contributed by atoms with E-state index in [2.05, 4.69) is 6.58 Å². The van der Waals surface area contributed by atoms with Crippen LogP contribution >= 0.6 is 0 Å². The van der Waals surface area contributed by atoms with Crippen molar-refractivity contribution >= 4 is 11.9 Å². The molecule has 0 saturated heterocycles. The number of rotatable bonds is 2. The Morgan fingerprint density at radius 1 is 1.31 bits per heavy atom. The Morgan fingerprint density at radius 3 is 2.23 bits per heavy atom. The Labute approximate surface area is 79.0 Å². The lowest BCUT2D eigenvalue weighted by atomic mass is 10.1. The smallest absolute Gasteiger partial charge is 0.127 e. The van der Waals surface area contributed by atoms with Gasteiger partial charge in [-0.3, -0.25) is 5.41 Å². The van der Waals surface area contributed by atoms with Crippen LogP contribution in [0.5, 0.6) is 0 Å². The van der Waals surface area contributed by atoms with Gasteiger partial charge in [-0.25, -0.2) is 0 Å². The fourth-order valence-electron chi connectivity index (χ4n) is 1.04. The molecule has 0 aliphatic heterocycles. The average Bonchev–Trinajstić information content (AvgIpc) is 2.17. The third kappa shape index (κ3) is 2.18. The van der Waals surface area contributed by atoms with Gasteiger partial charge in [0.25, 0.3) is 0 Å². The van der Waals surface area contributed by atoms with E-state index in [-0.39, 0.29) is 0 Å². The van der Waals surface area contributed by atoms with Crippen molar-refractivity contribution in [2.24, 2.45) is 0 Å². The highest BCUT2D eigenvalue weighted by atomic mass is 15.1. The van der Waals surface area contributed by atoms with Crippen molar-refractivity contribution in [3.8, 4) is 0 Å². The molecule has 0 bridgehead atoms. The standard InChI is InChI=1S/C11H14N2/c1-4-9-5-7-10(8-6-9)11(12)13(2)3/h4-8,12H,1H2,2-3H3. The summed E-state index contributed by atoms with van der Waals surface area (Å²) < 4.78 is 0. The molecule has 1 aromatic rings. The SMILES string of the molecule is C=Cc1ccc(C(=N)N(C)C)cc1. The van der Waals surface area contributed by atoms with Gasteiger partial charge >= 0.3 is 0 Å². The van der Waals surface area contributed by atoms with E-state index < -0.39 is 0 Å². The third-order valence-electron chi connectivity index (χ3n) is 1.87. The quantitative estimate of drug-likeness (QED) is 0.540. The second-order valence-electron chi connectivity index (χ2n) is 3.07. The number of nitrogens with one attached hydrogen (secondary N) is 1. The van der Waals surface area contributed by atoms with Crippen molar-refractivity contribution in [3.05, 3.63) is 42.0 Å². The Kier molecular flexibility index (Phi) is 2.85. The molecule has 0 spiro atoms. The minimum atomic E-state index is 0.524. The maximum Gasteiger partial charge on any atom is 0.127 e. The topological polar surface area (TPSA) is 27.1 Å². The lowest BCUT2D eigenvalue weighted by Gasteiger charge is -2.13. The summed E-state index contributed by atoms with van der Waals surface area (Å²) >= 11 is 0. The summed E-state index contributed by atoms with van der Waals surface area (Å²) in [4.78, 5) is 1.78. The first-order valence-corrected chi connectivity index (χ1v) is 4.14. The van der Waals surface area contributed by atoms with Crippen LogP contribution in [-0.4, -0.2) is 24.8 Å². The molecule has 0 radical (unpaired) electrons. The summed E-state index contributed by atoms with van der Waals surface area (Å²) in [5, 5.41) is 7.71. The molecule has 0 aromatic heterocycles. The highest BCUT2D eigenvalue weighted by Gasteiger charge is 2.01. The van der Waals surface area contributed by atoms with Crippen LogP contribution in [0.4, 0.5) is 0 Å². The van der Waals surface area contributed by atoms with E-state index >= 15 is 0 Å². The van der Waals surface area contributed by atoms with Crippen LogP contribution < -0.4 is 0 Å². The van der Waals surface area contributed by atoms with E-state index in [0.29, 0.717) is 5.84 Å². The summed E-state index contributed by atoms with van der Waals surface area (Å²) in [6, 6.07) is 7.78. The molecule has 1 aromatic carbocycles. The van der Waals surface area contributed by atoms with E-state index in [1.54, 1.807) is 11.0 Å². The van der Waals surface area contributed by atoms with Gasteiger partial charge in [-0.1, -0.05) is 36.9 Å². The average molecular weight is 174 g/mol. The fourth-order valence-corrected chi connectivity index (χ4v) is 1.04. The Morgan fingerprint density at radius 2 is 1.85 bits per heavy atom. The maximum absolute atomic E-state index is 7.71. The van der Waals surface area contributed by atoms with Gasteiger partial charge in [-0.05, 0) is 5.56 Å². The first kappa shape index (κ1) is 9.52. The van der Waals surface area contributed by atoms with Gasteiger partial charge in [0.15, 0.2) is 0 Å². The minimum absolute atomic E-state index is 0.524. The molecule has 0 aliphatic carbocycles. The number of hydrogen-bond acceptors (Lipinski definition) is 1. The van der Waals surface area contributed by atoms with E-state index in [0.717, 1.165) is 11.1 Å². The second-order valence-corrected chi connectivity index (χ2v) is 3.07. The van der Waals surface area contributed by atoms with Crippen molar-refractivity contribution in [2.45, 2.75) is 0 Å². The molecule has 2 heteroatoms. The molecule has 68 valence electrons. The first-order chi connectivity index (χ1) is 6.15. The van der Waals surface area contributed by atoms with Crippen molar-refractivity contribution in [1.29, 1.82) is 5.41 Å². The number of benzene rings is 1. The summed E-state index contributed by atoms with van der Waals surface area (Å²) in [6.45, 7) is 3.68. The summed E-state index contributed by atoms with van der Waals surface area (Å²) in [6.07, 6.45) is 1.79. The highest BCUT2D eigenvalue weighted by molar-refractivity contribution is 5.96. The maximum atomic E-state index is 7.71. The van der Waals surface area contributed by atoms with Crippen LogP contribution in [0.3, 0.4) is 0 Å². The second kappa shape index (κ2) is 3.90. The van der Waals surface area contributed by atoms with Gasteiger partial charge in [0, 0.05) is 19.7 Å². The third-order valence-corrected chi connectivity index (χ3v) is 1.87. The zero-order valence-corrected chi connectivity index (χ0v) is 8.04. The van der Waals surface area contributed by atoms with Crippen molar-refractivity contribution < 1.29 is 0 Å². The summed E-state index contributed by atoms with van der Waals surface area (Å²) in [5.74, 6) is 0.524. The van der Waals surface area contributed by atoms with Crippen LogP contribution in [-0.2, 0) is 0 Å². The van der Waals surface area contributed by atoms with E-state index in [1.807, 2.05) is 38.4 Å². The Bertz CT molecular complexity index is 309. The predicted molar refractivity (Wildman–Crippen MR) is 57.0 cm³/mol. The molecule has 2 nitrogen and oxygen atoms in total. The van der Waals surface area contributed by atoms with Crippen molar-refractivity contribution in [1.82, 2.24) is 4.90 Å². The zero-order chi connectivity index (χ0) is 9.84. The van der Waals surface area contributed by atoms with E-state index in [4.69, 9.17) is 5.41 Å². The van der Waals surface area contributed by atoms with Crippen LogP contribution in [0.1, 0.15) is 11.1 Å². The molecule has 0 aliphatic rings. The van der Waals surface area contributed by atoms with Gasteiger partial charge in [0.05, 0.1) is 0 Å². The highest BCUT2D eigenvalue weighted by Crippen LogP contribution is 2.06.